The highest BCUT2D eigenvalue weighted by atomic mass is 35.5. The molecule has 1 aromatic heterocycles. The van der Waals surface area contributed by atoms with E-state index in [9.17, 15) is 23.2 Å². The summed E-state index contributed by atoms with van der Waals surface area (Å²) in [7, 11) is -4.04. The van der Waals surface area contributed by atoms with Crippen molar-refractivity contribution in [2.45, 2.75) is 11.8 Å². The first kappa shape index (κ1) is 23.6. The van der Waals surface area contributed by atoms with Crippen molar-refractivity contribution in [1.29, 1.82) is 0 Å². The Morgan fingerprint density at radius 2 is 2.09 bits per heavy atom. The van der Waals surface area contributed by atoms with E-state index < -0.39 is 22.5 Å². The van der Waals surface area contributed by atoms with E-state index >= 15 is 0 Å². The van der Waals surface area contributed by atoms with Crippen LogP contribution in [0.4, 0.5) is 15.9 Å². The van der Waals surface area contributed by atoms with Gasteiger partial charge in [-0.1, -0.05) is 23.7 Å². The van der Waals surface area contributed by atoms with E-state index in [-0.39, 0.29) is 39.5 Å². The Morgan fingerprint density at radius 1 is 1.31 bits per heavy atom. The molecular weight excluding hydrogens is 469 g/mol. The van der Waals surface area contributed by atoms with Crippen molar-refractivity contribution in [2.24, 2.45) is 4.99 Å². The molecule has 0 atom stereocenters. The fraction of sp³-hybridized carbons (Fsp3) is 0.167. The first-order valence-corrected chi connectivity index (χ1v) is 10.7. The van der Waals surface area contributed by atoms with E-state index in [1.807, 2.05) is 0 Å². The normalized spacial score (nSPS) is 12.1. The van der Waals surface area contributed by atoms with E-state index in [1.54, 1.807) is 24.5 Å². The number of anilines is 1. The van der Waals surface area contributed by atoms with Gasteiger partial charge in [0, 0.05) is 0 Å². The molecule has 0 fully saturated rings. The molecule has 3 N–H and O–H groups in total. The number of benzene rings is 2. The lowest BCUT2D eigenvalue weighted by Crippen LogP contribution is -2.29. The summed E-state index contributed by atoms with van der Waals surface area (Å²) in [5.41, 5.74) is 2.44. The highest BCUT2D eigenvalue weighted by Gasteiger charge is 2.23. The van der Waals surface area contributed by atoms with Crippen LogP contribution in [0.5, 0.6) is 0 Å². The first-order valence-electron chi connectivity index (χ1n) is 8.90. The minimum absolute atomic E-state index is 0.0253. The number of hydroxylamine groups is 2. The Balaban J connectivity index is 1.72. The lowest BCUT2D eigenvalue weighted by Gasteiger charge is -2.14. The molecule has 0 spiro atoms. The molecule has 2 aromatic carbocycles. The highest BCUT2D eigenvalue weighted by Crippen LogP contribution is 2.23. The first-order chi connectivity index (χ1) is 15.2. The number of amidine groups is 1. The molecular formula is C18H17ClFN5O6S. The maximum Gasteiger partial charge on any atom is 0.297 e. The minimum atomic E-state index is -4.04. The summed E-state index contributed by atoms with van der Waals surface area (Å²) < 4.78 is 47.3. The second-order valence-electron chi connectivity index (χ2n) is 6.32. The molecule has 3 aromatic rings. The molecule has 0 radical (unpaired) electrons. The molecule has 3 rings (SSSR count). The summed E-state index contributed by atoms with van der Waals surface area (Å²) in [6, 6.07) is 9.70. The molecule has 0 bridgehead atoms. The van der Waals surface area contributed by atoms with Crippen LogP contribution in [0.2, 0.25) is 5.02 Å². The van der Waals surface area contributed by atoms with E-state index in [2.05, 4.69) is 19.9 Å². The molecule has 14 heteroatoms. The van der Waals surface area contributed by atoms with E-state index in [4.69, 9.17) is 15.8 Å². The van der Waals surface area contributed by atoms with Gasteiger partial charge >= 0.3 is 0 Å². The third kappa shape index (κ3) is 5.57. The van der Waals surface area contributed by atoms with Crippen molar-refractivity contribution in [3.63, 3.8) is 0 Å². The molecule has 0 amide bonds. The predicted octanol–water partition coefficient (Wildman–Crippen LogP) is 2.83. The number of halogens is 2. The largest absolute Gasteiger partial charge is 0.297 e. The number of hydrogen-bond donors (Lipinski definition) is 3. The lowest BCUT2D eigenvalue weighted by molar-refractivity contribution is 0.213. The van der Waals surface area contributed by atoms with Crippen molar-refractivity contribution in [3.05, 3.63) is 64.6 Å². The van der Waals surface area contributed by atoms with Crippen LogP contribution < -0.4 is 10.5 Å². The summed E-state index contributed by atoms with van der Waals surface area (Å²) in [6.07, 6.45) is 0. The van der Waals surface area contributed by atoms with Crippen molar-refractivity contribution >= 4 is 39.1 Å². The molecule has 11 nitrogen and oxygen atoms in total. The molecule has 0 aliphatic rings. The smallest absolute Gasteiger partial charge is 0.290 e. The summed E-state index contributed by atoms with van der Waals surface area (Å²) in [5, 5.41) is 27.0. The average Bonchev–Trinajstić information content (AvgIpc) is 3.24. The zero-order valence-electron chi connectivity index (χ0n) is 16.4. The average molecular weight is 486 g/mol. The Bertz CT molecular complexity index is 1240. The fourth-order valence-electron chi connectivity index (χ4n) is 2.50. The standard InChI is InChI=1S/C18H17ClFN5O6S/c1-11-3-2-4-13(9-11)32(28,29)30-8-7-25(27)18-16(23-31-24-18)17(22-26)21-12-5-6-15(20)14(19)10-12/h2-6,9-10,26-27H,7-8H2,1H3,(H,21,22). The van der Waals surface area contributed by atoms with E-state index in [0.717, 1.165) is 11.6 Å². The number of rotatable bonds is 8. The van der Waals surface area contributed by atoms with Crippen molar-refractivity contribution in [3.8, 4) is 0 Å². The Morgan fingerprint density at radius 3 is 2.78 bits per heavy atom. The van der Waals surface area contributed by atoms with Crippen LogP contribution in [0.15, 0.2) is 57.0 Å². The van der Waals surface area contributed by atoms with Crippen LogP contribution >= 0.6 is 11.6 Å². The summed E-state index contributed by atoms with van der Waals surface area (Å²) in [5.74, 6) is -1.26. The predicted molar refractivity (Wildman–Crippen MR) is 110 cm³/mol. The van der Waals surface area contributed by atoms with Crippen molar-refractivity contribution < 1.29 is 32.0 Å². The number of nitrogens with one attached hydrogen (secondary N) is 1. The fourth-order valence-corrected chi connectivity index (χ4v) is 3.68. The maximum absolute atomic E-state index is 13.3. The van der Waals surface area contributed by atoms with Crippen LogP contribution in [-0.2, 0) is 14.3 Å². The van der Waals surface area contributed by atoms with Gasteiger partial charge in [-0.25, -0.2) is 19.1 Å². The Hall–Kier alpha value is -3.10. The van der Waals surface area contributed by atoms with Gasteiger partial charge in [-0.15, -0.1) is 0 Å². The van der Waals surface area contributed by atoms with Gasteiger partial charge in [-0.2, -0.15) is 8.42 Å². The van der Waals surface area contributed by atoms with Gasteiger partial charge in [0.25, 0.3) is 10.1 Å². The number of aryl methyl sites for hydroxylation is 1. The second-order valence-corrected chi connectivity index (χ2v) is 8.35. The van der Waals surface area contributed by atoms with Crippen LogP contribution in [0.1, 0.15) is 11.3 Å². The minimum Gasteiger partial charge on any atom is -0.290 e. The molecule has 32 heavy (non-hydrogen) atoms. The molecule has 1 heterocycles. The summed E-state index contributed by atoms with van der Waals surface area (Å²) in [4.78, 5) is 3.98. The van der Waals surface area contributed by atoms with E-state index in [1.165, 1.54) is 24.3 Å². The third-order valence-electron chi connectivity index (χ3n) is 4.01. The number of nitrogens with zero attached hydrogens (tertiary/aromatic N) is 4. The van der Waals surface area contributed by atoms with Crippen molar-refractivity contribution in [2.75, 3.05) is 18.2 Å². The number of aromatic nitrogens is 2. The van der Waals surface area contributed by atoms with Crippen LogP contribution in [0.3, 0.4) is 0 Å². The van der Waals surface area contributed by atoms with Gasteiger partial charge in [0.05, 0.1) is 28.8 Å². The van der Waals surface area contributed by atoms with Gasteiger partial charge < -0.3 is 0 Å². The third-order valence-corrected chi connectivity index (χ3v) is 5.61. The van der Waals surface area contributed by atoms with Crippen LogP contribution in [-0.4, -0.2) is 48.1 Å². The quantitative estimate of drug-likeness (QED) is 0.188. The van der Waals surface area contributed by atoms with Gasteiger partial charge in [0.15, 0.2) is 11.5 Å². The van der Waals surface area contributed by atoms with Gasteiger partial charge in [-0.3, -0.25) is 20.1 Å². The SMILES string of the molecule is Cc1cccc(S(=O)(=O)OCCN(O)c2nonc2C(=Nc2ccc(F)c(Cl)c2)NO)c1. The van der Waals surface area contributed by atoms with E-state index in [0.29, 0.717) is 5.06 Å². The monoisotopic (exact) mass is 485 g/mol. The van der Waals surface area contributed by atoms with Gasteiger partial charge in [0.1, 0.15) is 5.82 Å². The second kappa shape index (κ2) is 10.0. The molecule has 0 saturated heterocycles. The zero-order valence-corrected chi connectivity index (χ0v) is 18.0. The number of aliphatic imine (C=N–C) groups is 1. The molecule has 0 aliphatic carbocycles. The van der Waals surface area contributed by atoms with Crippen LogP contribution in [0, 0.1) is 12.7 Å². The van der Waals surface area contributed by atoms with Gasteiger partial charge in [-0.05, 0) is 53.1 Å². The molecule has 0 unspecified atom stereocenters. The molecule has 0 aliphatic heterocycles. The lowest BCUT2D eigenvalue weighted by atomic mass is 10.2. The number of hydrogen-bond acceptors (Lipinski definition) is 10. The molecule has 0 saturated carbocycles. The summed E-state index contributed by atoms with van der Waals surface area (Å²) >= 11 is 5.71. The zero-order chi connectivity index (χ0) is 23.3. The summed E-state index contributed by atoms with van der Waals surface area (Å²) in [6.45, 7) is 0.945. The Labute approximate surface area is 186 Å². The van der Waals surface area contributed by atoms with Crippen LogP contribution in [0.25, 0.3) is 0 Å². The topological polar surface area (TPSA) is 150 Å². The van der Waals surface area contributed by atoms with Gasteiger partial charge in [0.2, 0.25) is 5.82 Å². The maximum atomic E-state index is 13.3. The highest BCUT2D eigenvalue weighted by molar-refractivity contribution is 7.86. The van der Waals surface area contributed by atoms with Crippen molar-refractivity contribution in [1.82, 2.24) is 15.8 Å². The molecule has 170 valence electrons. The Kier molecular flexibility index (Phi) is 7.37.